The van der Waals surface area contributed by atoms with Crippen LogP contribution in [0.2, 0.25) is 0 Å². The van der Waals surface area contributed by atoms with Crippen molar-refractivity contribution in [2.24, 2.45) is 0 Å². The molecule has 0 aromatic heterocycles. The molecule has 1 amide bonds. The molecule has 0 aliphatic heterocycles. The lowest BCUT2D eigenvalue weighted by Crippen LogP contribution is -2.25. The van der Waals surface area contributed by atoms with Gasteiger partial charge in [0.2, 0.25) is 15.9 Å². The number of carbonyl (C=O) groups excluding carboxylic acids is 1. The van der Waals surface area contributed by atoms with E-state index in [1.54, 1.807) is 36.4 Å². The molecule has 150 valence electrons. The highest BCUT2D eigenvalue weighted by Gasteiger charge is 2.27. The summed E-state index contributed by atoms with van der Waals surface area (Å²) in [6.07, 6.45) is 2.59. The van der Waals surface area contributed by atoms with Crippen molar-refractivity contribution >= 4 is 15.9 Å². The Hall–Kier alpha value is -2.58. The van der Waals surface area contributed by atoms with E-state index >= 15 is 0 Å². The lowest BCUT2D eigenvalue weighted by molar-refractivity contribution is -0.121. The lowest BCUT2D eigenvalue weighted by atomic mass is 10.1. The van der Waals surface area contributed by atoms with Gasteiger partial charge in [0.05, 0.1) is 12.0 Å². The van der Waals surface area contributed by atoms with Crippen molar-refractivity contribution in [1.82, 2.24) is 10.0 Å². The van der Waals surface area contributed by atoms with Crippen molar-refractivity contribution in [3.8, 4) is 11.5 Å². The molecule has 1 aliphatic carbocycles. The zero-order valence-corrected chi connectivity index (χ0v) is 16.5. The molecule has 3 N–H and O–H groups in total. The van der Waals surface area contributed by atoms with E-state index in [9.17, 15) is 18.3 Å². The summed E-state index contributed by atoms with van der Waals surface area (Å²) in [4.78, 5) is 12.3. The van der Waals surface area contributed by atoms with Gasteiger partial charge in [-0.3, -0.25) is 4.79 Å². The van der Waals surface area contributed by atoms with Crippen LogP contribution >= 0.6 is 0 Å². The number of sulfonamides is 1. The Balaban J connectivity index is 1.47. The number of ether oxygens (including phenoxy) is 1. The van der Waals surface area contributed by atoms with Crippen molar-refractivity contribution < 1.29 is 23.1 Å². The number of hydrogen-bond acceptors (Lipinski definition) is 5. The van der Waals surface area contributed by atoms with E-state index in [-0.39, 0.29) is 22.6 Å². The van der Waals surface area contributed by atoms with Crippen molar-refractivity contribution in [3.63, 3.8) is 0 Å². The monoisotopic (exact) mass is 404 g/mol. The lowest BCUT2D eigenvalue weighted by Gasteiger charge is -2.09. The maximum absolute atomic E-state index is 12.1. The Labute approximate surface area is 164 Å². The largest absolute Gasteiger partial charge is 0.504 e. The Morgan fingerprint density at radius 2 is 1.82 bits per heavy atom. The number of methoxy groups -OCH3 is 1. The predicted octanol–water partition coefficient (Wildman–Crippen LogP) is 2.09. The van der Waals surface area contributed by atoms with E-state index in [1.807, 2.05) is 0 Å². The van der Waals surface area contributed by atoms with Gasteiger partial charge in [-0.25, -0.2) is 13.1 Å². The van der Waals surface area contributed by atoms with Crippen LogP contribution in [0.1, 0.15) is 30.4 Å². The number of carbonyl (C=O) groups is 1. The molecule has 3 rings (SSSR count). The molecule has 0 bridgehead atoms. The van der Waals surface area contributed by atoms with Crippen molar-refractivity contribution in [2.75, 3.05) is 7.11 Å². The number of aromatic hydroxyl groups is 1. The van der Waals surface area contributed by atoms with Gasteiger partial charge in [0.15, 0.2) is 11.5 Å². The van der Waals surface area contributed by atoms with Gasteiger partial charge in [0.25, 0.3) is 0 Å². The summed E-state index contributed by atoms with van der Waals surface area (Å²) in [6, 6.07) is 11.6. The molecule has 1 saturated carbocycles. The average molecular weight is 404 g/mol. The molecule has 0 heterocycles. The van der Waals surface area contributed by atoms with Crippen LogP contribution in [0, 0.1) is 0 Å². The fraction of sp³-hybridized carbons (Fsp3) is 0.350. The Kier molecular flexibility index (Phi) is 6.21. The zero-order valence-electron chi connectivity index (χ0n) is 15.6. The van der Waals surface area contributed by atoms with E-state index in [0.717, 1.165) is 24.0 Å². The molecule has 0 unspecified atom stereocenters. The summed E-state index contributed by atoms with van der Waals surface area (Å²) in [5, 5.41) is 12.4. The van der Waals surface area contributed by atoms with E-state index in [1.165, 1.54) is 13.2 Å². The van der Waals surface area contributed by atoms with Gasteiger partial charge in [0.1, 0.15) is 0 Å². The second-order valence-corrected chi connectivity index (χ2v) is 8.54. The van der Waals surface area contributed by atoms with E-state index in [4.69, 9.17) is 4.74 Å². The minimum absolute atomic E-state index is 0.0513. The first-order valence-electron chi connectivity index (χ1n) is 9.11. The van der Waals surface area contributed by atoms with Gasteiger partial charge < -0.3 is 15.2 Å². The first-order valence-corrected chi connectivity index (χ1v) is 10.6. The quantitative estimate of drug-likeness (QED) is 0.594. The Morgan fingerprint density at radius 3 is 2.46 bits per heavy atom. The van der Waals surface area contributed by atoms with E-state index in [2.05, 4.69) is 10.0 Å². The van der Waals surface area contributed by atoms with E-state index < -0.39 is 10.0 Å². The van der Waals surface area contributed by atoms with Crippen molar-refractivity contribution in [3.05, 3.63) is 53.6 Å². The zero-order chi connectivity index (χ0) is 20.1. The molecule has 2 aromatic carbocycles. The van der Waals surface area contributed by atoms with Gasteiger partial charge >= 0.3 is 0 Å². The fourth-order valence-corrected chi connectivity index (χ4v) is 4.01. The number of nitrogens with one attached hydrogen (secondary N) is 2. The maximum Gasteiger partial charge on any atom is 0.240 e. The summed E-state index contributed by atoms with van der Waals surface area (Å²) in [5.41, 5.74) is 1.72. The van der Waals surface area contributed by atoms with Crippen molar-refractivity contribution in [1.29, 1.82) is 0 Å². The molecule has 28 heavy (non-hydrogen) atoms. The molecule has 1 aliphatic rings. The van der Waals surface area contributed by atoms with Gasteiger partial charge in [0, 0.05) is 19.0 Å². The minimum atomic E-state index is -3.45. The number of rotatable bonds is 9. The summed E-state index contributed by atoms with van der Waals surface area (Å²) in [6.45, 7) is 0.333. The van der Waals surface area contributed by atoms with Crippen LogP contribution in [0.25, 0.3) is 0 Å². The van der Waals surface area contributed by atoms with Crippen LogP contribution in [0.15, 0.2) is 47.4 Å². The predicted molar refractivity (Wildman–Crippen MR) is 105 cm³/mol. The first kappa shape index (κ1) is 20.2. The highest BCUT2D eigenvalue weighted by Crippen LogP contribution is 2.26. The number of amides is 1. The summed E-state index contributed by atoms with van der Waals surface area (Å²) < 4.78 is 32.0. The molecule has 8 heteroatoms. The van der Waals surface area contributed by atoms with Crippen molar-refractivity contribution in [2.45, 2.75) is 43.2 Å². The molecule has 7 nitrogen and oxygen atoms in total. The van der Waals surface area contributed by atoms with Crippen LogP contribution in [-0.2, 0) is 27.8 Å². The minimum Gasteiger partial charge on any atom is -0.504 e. The van der Waals surface area contributed by atoms with Gasteiger partial charge in [-0.1, -0.05) is 18.2 Å². The molecule has 0 saturated heterocycles. The molecule has 1 fully saturated rings. The second-order valence-electron chi connectivity index (χ2n) is 6.82. The first-order chi connectivity index (χ1) is 13.4. The maximum atomic E-state index is 12.1. The van der Waals surface area contributed by atoms with Gasteiger partial charge in [-0.05, 0) is 54.7 Å². The van der Waals surface area contributed by atoms with Crippen LogP contribution in [0.5, 0.6) is 11.5 Å². The SMILES string of the molecule is COc1cc(CNC(=O)CCc2ccc(S(=O)(=O)NC3CC3)cc2)ccc1O. The topological polar surface area (TPSA) is 105 Å². The second kappa shape index (κ2) is 8.62. The Bertz CT molecular complexity index is 938. The molecular weight excluding hydrogens is 380 g/mol. The number of aryl methyl sites for hydroxylation is 1. The van der Waals surface area contributed by atoms with Crippen LogP contribution in [0.4, 0.5) is 0 Å². The van der Waals surface area contributed by atoms with Gasteiger partial charge in [-0.2, -0.15) is 0 Å². The summed E-state index contributed by atoms with van der Waals surface area (Å²) in [5.74, 6) is 0.299. The smallest absolute Gasteiger partial charge is 0.240 e. The summed E-state index contributed by atoms with van der Waals surface area (Å²) in [7, 11) is -1.98. The Morgan fingerprint density at radius 1 is 1.14 bits per heavy atom. The van der Waals surface area contributed by atoms with Gasteiger partial charge in [-0.15, -0.1) is 0 Å². The third kappa shape index (κ3) is 5.46. The molecule has 2 aromatic rings. The molecular formula is C20H24N2O5S. The van der Waals surface area contributed by atoms with Crippen LogP contribution in [0.3, 0.4) is 0 Å². The number of phenols is 1. The third-order valence-corrected chi connectivity index (χ3v) is 6.04. The number of phenolic OH excluding ortho intramolecular Hbond substituents is 1. The molecule has 0 radical (unpaired) electrons. The normalized spacial score (nSPS) is 13.9. The number of benzene rings is 2. The van der Waals surface area contributed by atoms with Crippen LogP contribution in [-0.4, -0.2) is 32.6 Å². The average Bonchev–Trinajstić information content (AvgIpc) is 3.49. The summed E-state index contributed by atoms with van der Waals surface area (Å²) >= 11 is 0. The highest BCUT2D eigenvalue weighted by molar-refractivity contribution is 7.89. The van der Waals surface area contributed by atoms with Crippen LogP contribution < -0.4 is 14.8 Å². The van der Waals surface area contributed by atoms with E-state index in [0.29, 0.717) is 25.1 Å². The highest BCUT2D eigenvalue weighted by atomic mass is 32.2. The fourth-order valence-electron chi connectivity index (χ4n) is 2.70. The third-order valence-electron chi connectivity index (χ3n) is 4.51. The number of hydrogen-bond donors (Lipinski definition) is 3. The molecule has 0 spiro atoms. The standard InChI is InChI=1S/C20H24N2O5S/c1-27-19-12-15(4-10-18(19)23)13-21-20(24)11-5-14-2-8-17(9-3-14)28(25,26)22-16-6-7-16/h2-4,8-10,12,16,22-23H,5-7,11,13H2,1H3,(H,21,24). The molecule has 0 atom stereocenters.